The zero-order valence-electron chi connectivity index (χ0n) is 14.0. The third-order valence-electron chi connectivity index (χ3n) is 3.84. The summed E-state index contributed by atoms with van der Waals surface area (Å²) in [5, 5.41) is 3.09. The zero-order valence-corrected chi connectivity index (χ0v) is 14.8. The minimum Gasteiger partial charge on any atom is -0.491 e. The van der Waals surface area contributed by atoms with E-state index in [1.807, 2.05) is 52.0 Å². The Morgan fingerprint density at radius 1 is 1.27 bits per heavy atom. The summed E-state index contributed by atoms with van der Waals surface area (Å²) in [6.07, 6.45) is 2.06. The fourth-order valence-electron chi connectivity index (χ4n) is 2.30. The molecular weight excluding hydrogens is 300 g/mol. The number of rotatable bonds is 8. The highest BCUT2D eigenvalue weighted by Crippen LogP contribution is 2.21. The van der Waals surface area contributed by atoms with Crippen molar-refractivity contribution in [1.29, 1.82) is 0 Å². The van der Waals surface area contributed by atoms with Crippen molar-refractivity contribution >= 4 is 18.3 Å². The lowest BCUT2D eigenvalue weighted by Gasteiger charge is -2.31. The molecule has 1 aromatic carbocycles. The summed E-state index contributed by atoms with van der Waals surface area (Å²) in [6, 6.07) is 7.67. The quantitative estimate of drug-likeness (QED) is 0.770. The average Bonchev–Trinajstić information content (AvgIpc) is 2.46. The van der Waals surface area contributed by atoms with E-state index in [9.17, 15) is 4.79 Å². The first-order chi connectivity index (χ1) is 9.96. The Morgan fingerprint density at radius 3 is 2.36 bits per heavy atom. The Kier molecular flexibility index (Phi) is 9.14. The van der Waals surface area contributed by atoms with E-state index in [0.717, 1.165) is 24.2 Å². The van der Waals surface area contributed by atoms with E-state index in [0.29, 0.717) is 13.0 Å². The van der Waals surface area contributed by atoms with Crippen molar-refractivity contribution in [3.05, 3.63) is 29.8 Å². The van der Waals surface area contributed by atoms with E-state index < -0.39 is 0 Å². The van der Waals surface area contributed by atoms with Gasteiger partial charge in [0, 0.05) is 12.1 Å². The summed E-state index contributed by atoms with van der Waals surface area (Å²) >= 11 is 0. The molecule has 0 aromatic heterocycles. The van der Waals surface area contributed by atoms with Gasteiger partial charge in [0.15, 0.2) is 0 Å². The van der Waals surface area contributed by atoms with Crippen molar-refractivity contribution in [1.82, 2.24) is 5.32 Å². The monoisotopic (exact) mass is 328 g/mol. The van der Waals surface area contributed by atoms with E-state index >= 15 is 0 Å². The van der Waals surface area contributed by atoms with Gasteiger partial charge in [-0.25, -0.2) is 0 Å². The van der Waals surface area contributed by atoms with Crippen LogP contribution in [-0.2, 0) is 11.2 Å². The van der Waals surface area contributed by atoms with E-state index in [1.165, 1.54) is 0 Å². The smallest absolute Gasteiger partial charge is 0.225 e. The molecule has 0 heterocycles. The third-order valence-corrected chi connectivity index (χ3v) is 3.84. The van der Waals surface area contributed by atoms with Gasteiger partial charge in [0.2, 0.25) is 5.91 Å². The normalized spacial score (nSPS) is 11.0. The molecular formula is C17H29ClN2O2. The van der Waals surface area contributed by atoms with E-state index in [-0.39, 0.29) is 30.0 Å². The Morgan fingerprint density at radius 2 is 1.86 bits per heavy atom. The molecule has 4 nitrogen and oxygen atoms in total. The van der Waals surface area contributed by atoms with Crippen molar-refractivity contribution in [3.63, 3.8) is 0 Å². The number of benzene rings is 1. The molecule has 0 radical (unpaired) electrons. The molecule has 5 heteroatoms. The number of halogens is 1. The van der Waals surface area contributed by atoms with Crippen LogP contribution >= 0.6 is 12.4 Å². The van der Waals surface area contributed by atoms with Gasteiger partial charge in [0.25, 0.3) is 0 Å². The number of hydrogen-bond donors (Lipinski definition) is 2. The first-order valence-electron chi connectivity index (χ1n) is 7.72. The van der Waals surface area contributed by atoms with Crippen molar-refractivity contribution in [3.8, 4) is 5.75 Å². The summed E-state index contributed by atoms with van der Waals surface area (Å²) in [5.74, 6) is 0.762. The summed E-state index contributed by atoms with van der Waals surface area (Å²) in [4.78, 5) is 12.3. The predicted molar refractivity (Wildman–Crippen MR) is 93.7 cm³/mol. The number of ether oxygens (including phenoxy) is 1. The van der Waals surface area contributed by atoms with Crippen LogP contribution in [-0.4, -0.2) is 24.1 Å². The lowest BCUT2D eigenvalue weighted by atomic mass is 9.92. The second-order valence-corrected chi connectivity index (χ2v) is 5.69. The van der Waals surface area contributed by atoms with Crippen molar-refractivity contribution in [2.75, 3.05) is 6.54 Å². The number of nitrogens with two attached hydrogens (primary N) is 1. The lowest BCUT2D eigenvalue weighted by Crippen LogP contribution is -2.53. The molecule has 3 N–H and O–H groups in total. The minimum absolute atomic E-state index is 0. The van der Waals surface area contributed by atoms with E-state index in [4.69, 9.17) is 10.5 Å². The third kappa shape index (κ3) is 5.85. The summed E-state index contributed by atoms with van der Waals surface area (Å²) < 4.78 is 5.75. The summed E-state index contributed by atoms with van der Waals surface area (Å²) in [5.41, 5.74) is 6.43. The van der Waals surface area contributed by atoms with Crippen LogP contribution in [0.5, 0.6) is 5.75 Å². The van der Waals surface area contributed by atoms with Crippen molar-refractivity contribution in [2.45, 2.75) is 58.6 Å². The standard InChI is InChI=1S/C17H28N2O2.ClH/c1-5-17(6-2,12-18)19-16(20)11-14-9-7-8-10-15(14)21-13(3)4;/h7-10,13H,5-6,11-12,18H2,1-4H3,(H,19,20);1H. The lowest BCUT2D eigenvalue weighted by molar-refractivity contribution is -0.122. The molecule has 0 aliphatic rings. The fourth-order valence-corrected chi connectivity index (χ4v) is 2.30. The van der Waals surface area contributed by atoms with Gasteiger partial charge in [-0.3, -0.25) is 4.79 Å². The van der Waals surface area contributed by atoms with Crippen molar-refractivity contribution < 1.29 is 9.53 Å². The molecule has 1 rings (SSSR count). The topological polar surface area (TPSA) is 64.3 Å². The maximum Gasteiger partial charge on any atom is 0.225 e. The van der Waals surface area contributed by atoms with Crippen molar-refractivity contribution in [2.24, 2.45) is 5.73 Å². The minimum atomic E-state index is -0.301. The second-order valence-electron chi connectivity index (χ2n) is 5.69. The fraction of sp³-hybridized carbons (Fsp3) is 0.588. The van der Waals surface area contributed by atoms with Crippen LogP contribution in [0.25, 0.3) is 0 Å². The molecule has 0 aliphatic heterocycles. The van der Waals surface area contributed by atoms with Gasteiger partial charge >= 0.3 is 0 Å². The first-order valence-corrected chi connectivity index (χ1v) is 7.72. The Hall–Kier alpha value is -1.26. The molecule has 1 aromatic rings. The van der Waals surface area contributed by atoms with Gasteiger partial charge in [0.1, 0.15) is 5.75 Å². The maximum absolute atomic E-state index is 12.3. The average molecular weight is 329 g/mol. The number of amides is 1. The highest BCUT2D eigenvalue weighted by atomic mass is 35.5. The Balaban J connectivity index is 0.00000441. The van der Waals surface area contributed by atoms with Gasteiger partial charge in [-0.2, -0.15) is 0 Å². The molecule has 0 bridgehead atoms. The number of carbonyl (C=O) groups excluding carboxylic acids is 1. The zero-order chi connectivity index (χ0) is 15.9. The second kappa shape index (κ2) is 9.70. The van der Waals surface area contributed by atoms with Crippen LogP contribution in [0.4, 0.5) is 0 Å². The Bertz CT molecular complexity index is 451. The predicted octanol–water partition coefficient (Wildman–Crippen LogP) is 3.07. The first kappa shape index (κ1) is 20.7. The van der Waals surface area contributed by atoms with E-state index in [2.05, 4.69) is 5.32 Å². The molecule has 0 saturated heterocycles. The summed E-state index contributed by atoms with van der Waals surface area (Å²) in [7, 11) is 0. The van der Waals surface area contributed by atoms with Crippen LogP contribution in [0.1, 0.15) is 46.1 Å². The summed E-state index contributed by atoms with van der Waals surface area (Å²) in [6.45, 7) is 8.50. The highest BCUT2D eigenvalue weighted by Gasteiger charge is 2.26. The van der Waals surface area contributed by atoms with Gasteiger partial charge in [-0.05, 0) is 32.8 Å². The molecule has 126 valence electrons. The Labute approximate surface area is 140 Å². The molecule has 1 amide bonds. The molecule has 0 spiro atoms. The SMILES string of the molecule is CCC(CC)(CN)NC(=O)Cc1ccccc1OC(C)C.Cl. The molecule has 22 heavy (non-hydrogen) atoms. The molecule has 0 fully saturated rings. The molecule has 0 aliphatic carbocycles. The molecule has 0 saturated carbocycles. The maximum atomic E-state index is 12.3. The van der Waals surface area contributed by atoms with Gasteiger partial charge < -0.3 is 15.8 Å². The highest BCUT2D eigenvalue weighted by molar-refractivity contribution is 5.85. The van der Waals surface area contributed by atoms with Crippen LogP contribution in [0.3, 0.4) is 0 Å². The molecule has 0 atom stereocenters. The van der Waals surface area contributed by atoms with Crippen LogP contribution in [0.2, 0.25) is 0 Å². The largest absolute Gasteiger partial charge is 0.491 e. The number of nitrogens with one attached hydrogen (secondary N) is 1. The molecule has 0 unspecified atom stereocenters. The van der Waals surface area contributed by atoms with Gasteiger partial charge in [-0.15, -0.1) is 12.4 Å². The van der Waals surface area contributed by atoms with E-state index in [1.54, 1.807) is 0 Å². The van der Waals surface area contributed by atoms with Gasteiger partial charge in [0.05, 0.1) is 18.1 Å². The van der Waals surface area contributed by atoms with Crippen LogP contribution in [0.15, 0.2) is 24.3 Å². The number of para-hydroxylation sites is 1. The number of hydrogen-bond acceptors (Lipinski definition) is 3. The number of carbonyl (C=O) groups is 1. The van der Waals surface area contributed by atoms with Crippen LogP contribution < -0.4 is 15.8 Å². The van der Waals surface area contributed by atoms with Gasteiger partial charge in [-0.1, -0.05) is 32.0 Å². The van der Waals surface area contributed by atoms with Crippen LogP contribution in [0, 0.1) is 0 Å².